The number of piperidine rings is 1. The molecule has 26 heavy (non-hydrogen) atoms. The van der Waals surface area contributed by atoms with Crippen LogP contribution >= 0.6 is 0 Å². The molecule has 1 fully saturated rings. The molecule has 1 N–H and O–H groups in total. The van der Waals surface area contributed by atoms with Gasteiger partial charge < -0.3 is 9.88 Å². The van der Waals surface area contributed by atoms with Gasteiger partial charge in [0.2, 0.25) is 10.0 Å². The Labute approximate surface area is 152 Å². The first kappa shape index (κ1) is 17.6. The van der Waals surface area contributed by atoms with Crippen LogP contribution in [0.1, 0.15) is 36.0 Å². The molecule has 0 unspecified atom stereocenters. The van der Waals surface area contributed by atoms with Crippen molar-refractivity contribution in [3.05, 3.63) is 47.3 Å². The largest absolute Gasteiger partial charge is 0.312 e. The monoisotopic (exact) mass is 379 g/mol. The zero-order chi connectivity index (χ0) is 18.1. The quantitative estimate of drug-likeness (QED) is 0.864. The molecule has 4 rings (SSSR count). The molecule has 140 valence electrons. The predicted molar refractivity (Wildman–Crippen MR) is 94.3 cm³/mol. The van der Waals surface area contributed by atoms with Crippen molar-refractivity contribution in [2.24, 2.45) is 0 Å². The fourth-order valence-corrected chi connectivity index (χ4v) is 5.29. The Bertz CT molecular complexity index is 890. The van der Waals surface area contributed by atoms with E-state index < -0.39 is 15.8 Å². The molecular formula is C17H22FN5O2S. The van der Waals surface area contributed by atoms with Crippen LogP contribution in [0.2, 0.25) is 0 Å². The summed E-state index contributed by atoms with van der Waals surface area (Å²) in [6, 6.07) is 6.03. The van der Waals surface area contributed by atoms with Crippen molar-refractivity contribution in [3.63, 3.8) is 0 Å². The molecule has 9 heteroatoms. The molecule has 0 bridgehead atoms. The van der Waals surface area contributed by atoms with Gasteiger partial charge in [-0.05, 0) is 18.9 Å². The highest BCUT2D eigenvalue weighted by Gasteiger charge is 2.32. The van der Waals surface area contributed by atoms with Gasteiger partial charge in [-0.1, -0.05) is 18.2 Å². The van der Waals surface area contributed by atoms with Crippen LogP contribution in [-0.4, -0.2) is 47.1 Å². The Balaban J connectivity index is 1.43. The predicted octanol–water partition coefficient (Wildman–Crippen LogP) is 1.23. The number of halogens is 1. The van der Waals surface area contributed by atoms with Crippen LogP contribution in [0.15, 0.2) is 24.3 Å². The molecule has 7 nitrogen and oxygen atoms in total. The van der Waals surface area contributed by atoms with Crippen LogP contribution in [0.5, 0.6) is 0 Å². The van der Waals surface area contributed by atoms with Gasteiger partial charge in [0.25, 0.3) is 0 Å². The number of hydrogen-bond donors (Lipinski definition) is 1. The Morgan fingerprint density at radius 2 is 1.92 bits per heavy atom. The lowest BCUT2D eigenvalue weighted by molar-refractivity contribution is 0.306. The molecule has 1 aromatic heterocycles. The zero-order valence-corrected chi connectivity index (χ0v) is 15.3. The summed E-state index contributed by atoms with van der Waals surface area (Å²) >= 11 is 0. The van der Waals surface area contributed by atoms with E-state index in [1.807, 2.05) is 0 Å². The Morgan fingerprint density at radius 3 is 2.69 bits per heavy atom. The molecule has 2 aromatic rings. The van der Waals surface area contributed by atoms with Crippen molar-refractivity contribution in [3.8, 4) is 0 Å². The number of nitrogens with one attached hydrogen (secondary N) is 1. The number of rotatable bonds is 4. The van der Waals surface area contributed by atoms with Gasteiger partial charge >= 0.3 is 0 Å². The standard InChI is InChI=1S/C17H22FN5O2S/c18-15-4-2-1-3-14(15)12-26(24,25)22-8-5-13(6-9-22)17-21-20-16-11-19-7-10-23(16)17/h1-4,13,19H,5-12H2. The lowest BCUT2D eigenvalue weighted by atomic mass is 9.97. The molecule has 1 saturated heterocycles. The van der Waals surface area contributed by atoms with Crippen molar-refractivity contribution in [2.75, 3.05) is 19.6 Å². The highest BCUT2D eigenvalue weighted by atomic mass is 32.2. The zero-order valence-electron chi connectivity index (χ0n) is 14.4. The molecule has 3 heterocycles. The normalized spacial score (nSPS) is 19.4. The van der Waals surface area contributed by atoms with Crippen LogP contribution < -0.4 is 5.32 Å². The molecule has 0 saturated carbocycles. The van der Waals surface area contributed by atoms with E-state index in [1.54, 1.807) is 12.1 Å². The lowest BCUT2D eigenvalue weighted by Crippen LogP contribution is -2.39. The Hall–Kier alpha value is -1.84. The van der Waals surface area contributed by atoms with Crippen molar-refractivity contribution in [1.82, 2.24) is 24.4 Å². The summed E-state index contributed by atoms with van der Waals surface area (Å²) in [4.78, 5) is 0. The van der Waals surface area contributed by atoms with E-state index in [9.17, 15) is 12.8 Å². The Kier molecular flexibility index (Phi) is 4.76. The summed E-state index contributed by atoms with van der Waals surface area (Å²) in [5.41, 5.74) is 0.216. The van der Waals surface area contributed by atoms with Crippen molar-refractivity contribution >= 4 is 10.0 Å². The highest BCUT2D eigenvalue weighted by molar-refractivity contribution is 7.88. The number of nitrogens with zero attached hydrogens (tertiary/aromatic N) is 4. The number of hydrogen-bond acceptors (Lipinski definition) is 5. The first-order valence-corrected chi connectivity index (χ1v) is 10.5. The summed E-state index contributed by atoms with van der Waals surface area (Å²) < 4.78 is 42.7. The van der Waals surface area contributed by atoms with E-state index in [1.165, 1.54) is 16.4 Å². The van der Waals surface area contributed by atoms with Gasteiger partial charge in [0.1, 0.15) is 17.5 Å². The van der Waals surface area contributed by atoms with Crippen LogP contribution in [-0.2, 0) is 28.9 Å². The van der Waals surface area contributed by atoms with E-state index >= 15 is 0 Å². The highest BCUT2D eigenvalue weighted by Crippen LogP contribution is 2.29. The maximum Gasteiger partial charge on any atom is 0.218 e. The maximum atomic E-state index is 13.8. The van der Waals surface area contributed by atoms with Crippen LogP contribution in [0.3, 0.4) is 0 Å². The number of fused-ring (bicyclic) bond motifs is 1. The third-order valence-corrected chi connectivity index (χ3v) is 6.99. The molecular weight excluding hydrogens is 357 g/mol. The summed E-state index contributed by atoms with van der Waals surface area (Å²) in [7, 11) is -3.53. The number of aromatic nitrogens is 3. The van der Waals surface area contributed by atoms with Gasteiger partial charge in [0.05, 0.1) is 12.3 Å². The fraction of sp³-hybridized carbons (Fsp3) is 0.529. The van der Waals surface area contributed by atoms with Gasteiger partial charge in [-0.3, -0.25) is 0 Å². The van der Waals surface area contributed by atoms with E-state index in [0.29, 0.717) is 25.9 Å². The van der Waals surface area contributed by atoms with E-state index in [4.69, 9.17) is 0 Å². The average Bonchev–Trinajstić information content (AvgIpc) is 3.08. The molecule has 0 amide bonds. The summed E-state index contributed by atoms with van der Waals surface area (Å²) in [6.07, 6.45) is 1.42. The second kappa shape index (κ2) is 7.05. The van der Waals surface area contributed by atoms with Crippen LogP contribution in [0, 0.1) is 5.82 Å². The van der Waals surface area contributed by atoms with E-state index in [-0.39, 0.29) is 17.2 Å². The first-order chi connectivity index (χ1) is 12.5. The summed E-state index contributed by atoms with van der Waals surface area (Å²) in [6.45, 7) is 3.34. The third-order valence-electron chi connectivity index (χ3n) is 5.16. The summed E-state index contributed by atoms with van der Waals surface area (Å²) in [5, 5.41) is 11.9. The smallest absolute Gasteiger partial charge is 0.218 e. The Morgan fingerprint density at radius 1 is 1.15 bits per heavy atom. The second-order valence-corrected chi connectivity index (χ2v) is 8.79. The van der Waals surface area contributed by atoms with Gasteiger partial charge in [-0.15, -0.1) is 10.2 Å². The molecule has 0 spiro atoms. The lowest BCUT2D eigenvalue weighted by Gasteiger charge is -2.31. The minimum absolute atomic E-state index is 0.216. The van der Waals surface area contributed by atoms with Gasteiger partial charge in [-0.2, -0.15) is 0 Å². The van der Waals surface area contributed by atoms with Crippen molar-refractivity contribution < 1.29 is 12.8 Å². The number of benzene rings is 1. The fourth-order valence-electron chi connectivity index (χ4n) is 3.71. The van der Waals surface area contributed by atoms with Gasteiger partial charge in [0.15, 0.2) is 0 Å². The number of sulfonamides is 1. The molecule has 0 radical (unpaired) electrons. The van der Waals surface area contributed by atoms with Crippen LogP contribution in [0.4, 0.5) is 4.39 Å². The van der Waals surface area contributed by atoms with Gasteiger partial charge in [-0.25, -0.2) is 17.1 Å². The topological polar surface area (TPSA) is 80.1 Å². The van der Waals surface area contributed by atoms with Crippen molar-refractivity contribution in [2.45, 2.75) is 37.6 Å². The summed E-state index contributed by atoms with van der Waals surface area (Å²) in [5.74, 6) is 1.36. The van der Waals surface area contributed by atoms with Gasteiger partial charge in [0, 0.05) is 37.7 Å². The van der Waals surface area contributed by atoms with Crippen LogP contribution in [0.25, 0.3) is 0 Å². The molecule has 0 aliphatic carbocycles. The minimum atomic E-state index is -3.53. The third kappa shape index (κ3) is 3.38. The second-order valence-electron chi connectivity index (χ2n) is 6.82. The molecule has 1 aromatic carbocycles. The van der Waals surface area contributed by atoms with E-state index in [2.05, 4.69) is 20.1 Å². The minimum Gasteiger partial charge on any atom is -0.312 e. The first-order valence-electron chi connectivity index (χ1n) is 8.88. The maximum absolute atomic E-state index is 13.8. The molecule has 2 aliphatic rings. The van der Waals surface area contributed by atoms with E-state index in [0.717, 1.165) is 31.3 Å². The molecule has 2 aliphatic heterocycles. The average molecular weight is 379 g/mol. The SMILES string of the molecule is O=S(=O)(Cc1ccccc1F)N1CCC(c2nnc3n2CCNC3)CC1. The molecule has 0 atom stereocenters. The van der Waals surface area contributed by atoms with Crippen molar-refractivity contribution in [1.29, 1.82) is 0 Å².